The van der Waals surface area contributed by atoms with E-state index in [0.29, 0.717) is 20.9 Å². The number of nitrogens with zero attached hydrogens (tertiary/aromatic N) is 1. The largest absolute Gasteiger partial charge is 0.338 e. The van der Waals surface area contributed by atoms with Crippen molar-refractivity contribution in [3.63, 3.8) is 0 Å². The Hall–Kier alpha value is -1.16. The first kappa shape index (κ1) is 16.7. The fourth-order valence-corrected chi connectivity index (χ4v) is 4.46. The average molecular weight is 366 g/mol. The molecule has 0 radical (unpaired) electrons. The number of carbonyl (C=O) groups is 1. The molecule has 1 heterocycles. The second-order valence-corrected chi connectivity index (χ2v) is 7.63. The van der Waals surface area contributed by atoms with Crippen molar-refractivity contribution in [1.29, 1.82) is 0 Å². The van der Waals surface area contributed by atoms with Gasteiger partial charge in [0.2, 0.25) is 0 Å². The summed E-state index contributed by atoms with van der Waals surface area (Å²) in [5.74, 6) is 0.914. The van der Waals surface area contributed by atoms with Gasteiger partial charge in [0.1, 0.15) is 0 Å². The van der Waals surface area contributed by atoms with Gasteiger partial charge in [0.15, 0.2) is 0 Å². The van der Waals surface area contributed by atoms with Crippen LogP contribution in [0.1, 0.15) is 27.6 Å². The van der Waals surface area contributed by atoms with Crippen LogP contribution in [0.4, 0.5) is 0 Å². The van der Waals surface area contributed by atoms with E-state index < -0.39 is 0 Å². The van der Waals surface area contributed by atoms with Gasteiger partial charge in [-0.1, -0.05) is 53.5 Å². The maximum Gasteiger partial charge on any atom is 0.255 e. The van der Waals surface area contributed by atoms with E-state index in [-0.39, 0.29) is 5.91 Å². The van der Waals surface area contributed by atoms with E-state index in [1.165, 1.54) is 5.56 Å². The monoisotopic (exact) mass is 365 g/mol. The first-order valence-electron chi connectivity index (χ1n) is 7.56. The highest BCUT2D eigenvalue weighted by atomic mass is 35.5. The molecule has 5 heteroatoms. The molecule has 0 aromatic heterocycles. The van der Waals surface area contributed by atoms with Gasteiger partial charge in [0, 0.05) is 29.1 Å². The summed E-state index contributed by atoms with van der Waals surface area (Å²) in [4.78, 5) is 14.6. The number of rotatable bonds is 2. The maximum atomic E-state index is 12.7. The Balaban J connectivity index is 1.71. The Kier molecular flexibility index (Phi) is 5.52. The Morgan fingerprint density at radius 3 is 2.61 bits per heavy atom. The fraction of sp³-hybridized carbons (Fsp3) is 0.278. The Bertz CT molecular complexity index is 693. The predicted molar refractivity (Wildman–Crippen MR) is 98.6 cm³/mol. The summed E-state index contributed by atoms with van der Waals surface area (Å²) >= 11 is 14.0. The molecular formula is C18H17Cl2NOS. The van der Waals surface area contributed by atoms with Crippen molar-refractivity contribution in [2.45, 2.75) is 11.7 Å². The number of hydrogen-bond donors (Lipinski definition) is 0. The summed E-state index contributed by atoms with van der Waals surface area (Å²) < 4.78 is 0. The number of halogens is 2. The predicted octanol–water partition coefficient (Wildman–Crippen LogP) is 5.31. The minimum absolute atomic E-state index is 0.0130. The Morgan fingerprint density at radius 1 is 1.09 bits per heavy atom. The van der Waals surface area contributed by atoms with Crippen molar-refractivity contribution in [3.05, 3.63) is 69.7 Å². The molecule has 1 amide bonds. The average Bonchev–Trinajstić information content (AvgIpc) is 2.81. The molecule has 1 unspecified atom stereocenters. The summed E-state index contributed by atoms with van der Waals surface area (Å²) in [6, 6.07) is 15.5. The Labute approximate surface area is 150 Å². The van der Waals surface area contributed by atoms with Crippen molar-refractivity contribution >= 4 is 40.9 Å². The molecular weight excluding hydrogens is 349 g/mol. The van der Waals surface area contributed by atoms with E-state index in [1.54, 1.807) is 18.2 Å². The number of carbonyl (C=O) groups excluding carboxylic acids is 1. The molecule has 1 atom stereocenters. The van der Waals surface area contributed by atoms with Crippen molar-refractivity contribution in [3.8, 4) is 0 Å². The van der Waals surface area contributed by atoms with Gasteiger partial charge in [0.25, 0.3) is 5.91 Å². The lowest BCUT2D eigenvalue weighted by Gasteiger charge is -2.21. The molecule has 0 N–H and O–H groups in total. The maximum absolute atomic E-state index is 12.7. The molecule has 2 nitrogen and oxygen atoms in total. The van der Waals surface area contributed by atoms with Gasteiger partial charge in [-0.2, -0.15) is 11.8 Å². The molecule has 2 aromatic rings. The van der Waals surface area contributed by atoms with Gasteiger partial charge < -0.3 is 4.90 Å². The first-order chi connectivity index (χ1) is 11.1. The molecule has 120 valence electrons. The van der Waals surface area contributed by atoms with Crippen molar-refractivity contribution in [2.75, 3.05) is 18.8 Å². The van der Waals surface area contributed by atoms with Crippen LogP contribution in [-0.2, 0) is 0 Å². The number of benzene rings is 2. The molecule has 1 aliphatic heterocycles. The van der Waals surface area contributed by atoms with Crippen LogP contribution in [0.25, 0.3) is 0 Å². The van der Waals surface area contributed by atoms with Gasteiger partial charge in [-0.15, -0.1) is 0 Å². The fourth-order valence-electron chi connectivity index (χ4n) is 2.74. The third-order valence-electron chi connectivity index (χ3n) is 3.96. The van der Waals surface area contributed by atoms with E-state index in [9.17, 15) is 4.79 Å². The van der Waals surface area contributed by atoms with Gasteiger partial charge in [-0.3, -0.25) is 4.79 Å². The quantitative estimate of drug-likeness (QED) is 0.718. The molecule has 0 bridgehead atoms. The second kappa shape index (κ2) is 7.61. The van der Waals surface area contributed by atoms with Gasteiger partial charge in [-0.05, 0) is 30.2 Å². The van der Waals surface area contributed by atoms with E-state index in [2.05, 4.69) is 24.3 Å². The summed E-state index contributed by atoms with van der Waals surface area (Å²) in [7, 11) is 0. The zero-order valence-electron chi connectivity index (χ0n) is 12.5. The highest BCUT2D eigenvalue weighted by molar-refractivity contribution is 7.99. The van der Waals surface area contributed by atoms with Gasteiger partial charge >= 0.3 is 0 Å². The number of amides is 1. The summed E-state index contributed by atoms with van der Waals surface area (Å²) in [5, 5.41) is 1.40. The third-order valence-corrected chi connectivity index (χ3v) is 5.84. The van der Waals surface area contributed by atoms with Crippen LogP contribution >= 0.6 is 35.0 Å². The van der Waals surface area contributed by atoms with E-state index >= 15 is 0 Å². The van der Waals surface area contributed by atoms with E-state index in [4.69, 9.17) is 23.2 Å². The van der Waals surface area contributed by atoms with Crippen LogP contribution in [-0.4, -0.2) is 29.6 Å². The molecule has 0 aliphatic carbocycles. The number of hydrogen-bond acceptors (Lipinski definition) is 2. The Morgan fingerprint density at radius 2 is 1.87 bits per heavy atom. The van der Waals surface area contributed by atoms with Gasteiger partial charge in [-0.25, -0.2) is 0 Å². The lowest BCUT2D eigenvalue weighted by Crippen LogP contribution is -2.33. The second-order valence-electron chi connectivity index (χ2n) is 5.48. The molecule has 0 spiro atoms. The highest BCUT2D eigenvalue weighted by Crippen LogP contribution is 2.34. The SMILES string of the molecule is O=C(c1ccc(Cl)cc1Cl)N1CCSC(c2ccccc2)CC1. The summed E-state index contributed by atoms with van der Waals surface area (Å²) in [6.45, 7) is 1.48. The minimum Gasteiger partial charge on any atom is -0.338 e. The van der Waals surface area contributed by atoms with Crippen LogP contribution in [0.2, 0.25) is 10.0 Å². The van der Waals surface area contributed by atoms with Crippen LogP contribution in [0, 0.1) is 0 Å². The van der Waals surface area contributed by atoms with Gasteiger partial charge in [0.05, 0.1) is 10.6 Å². The van der Waals surface area contributed by atoms with Crippen LogP contribution in [0.15, 0.2) is 48.5 Å². The van der Waals surface area contributed by atoms with Crippen molar-refractivity contribution in [2.24, 2.45) is 0 Å². The minimum atomic E-state index is -0.0130. The van der Waals surface area contributed by atoms with Crippen LogP contribution < -0.4 is 0 Å². The highest BCUT2D eigenvalue weighted by Gasteiger charge is 2.24. The molecule has 1 aliphatic rings. The molecule has 0 saturated carbocycles. The third kappa shape index (κ3) is 4.03. The van der Waals surface area contributed by atoms with E-state index in [0.717, 1.165) is 25.3 Å². The van der Waals surface area contributed by atoms with E-state index in [1.807, 2.05) is 22.7 Å². The van der Waals surface area contributed by atoms with Crippen molar-refractivity contribution in [1.82, 2.24) is 4.90 Å². The van der Waals surface area contributed by atoms with Crippen molar-refractivity contribution < 1.29 is 4.79 Å². The molecule has 3 rings (SSSR count). The van der Waals surface area contributed by atoms with Crippen LogP contribution in [0.5, 0.6) is 0 Å². The number of thioether (sulfide) groups is 1. The molecule has 23 heavy (non-hydrogen) atoms. The lowest BCUT2D eigenvalue weighted by atomic mass is 10.1. The molecule has 1 saturated heterocycles. The molecule has 1 fully saturated rings. The standard InChI is InChI=1S/C18H17Cl2NOS/c19-14-6-7-15(16(20)12-14)18(22)21-9-8-17(23-11-10-21)13-4-2-1-3-5-13/h1-7,12,17H,8-11H2. The summed E-state index contributed by atoms with van der Waals surface area (Å²) in [6.07, 6.45) is 0.950. The topological polar surface area (TPSA) is 20.3 Å². The zero-order chi connectivity index (χ0) is 16.2. The summed E-state index contributed by atoms with van der Waals surface area (Å²) in [5.41, 5.74) is 1.86. The normalized spacial score (nSPS) is 18.5. The first-order valence-corrected chi connectivity index (χ1v) is 9.36. The van der Waals surface area contributed by atoms with Crippen LogP contribution in [0.3, 0.4) is 0 Å². The zero-order valence-corrected chi connectivity index (χ0v) is 14.9. The molecule has 2 aromatic carbocycles. The lowest BCUT2D eigenvalue weighted by molar-refractivity contribution is 0.0767. The smallest absolute Gasteiger partial charge is 0.255 e.